The van der Waals surface area contributed by atoms with E-state index in [0.29, 0.717) is 25.3 Å². The summed E-state index contributed by atoms with van der Waals surface area (Å²) in [6.45, 7) is 0.658. The van der Waals surface area contributed by atoms with E-state index in [1.165, 1.54) is 0 Å². The second-order valence-corrected chi connectivity index (χ2v) is 8.13. The Morgan fingerprint density at radius 3 is 2.75 bits per heavy atom. The van der Waals surface area contributed by atoms with Gasteiger partial charge < -0.3 is 9.26 Å². The third kappa shape index (κ3) is 2.26. The molecule has 112 valence electrons. The van der Waals surface area contributed by atoms with Gasteiger partial charge in [-0.3, -0.25) is 0 Å². The van der Waals surface area contributed by atoms with Crippen LogP contribution in [0.2, 0.25) is 0 Å². The molecule has 1 saturated carbocycles. The van der Waals surface area contributed by atoms with Crippen molar-refractivity contribution in [1.82, 2.24) is 10.1 Å². The van der Waals surface area contributed by atoms with Crippen LogP contribution in [-0.4, -0.2) is 38.0 Å². The third-order valence-electron chi connectivity index (χ3n) is 4.62. The molecule has 2 aliphatic rings. The van der Waals surface area contributed by atoms with E-state index in [-0.39, 0.29) is 17.1 Å². The van der Waals surface area contributed by atoms with Crippen molar-refractivity contribution in [1.29, 1.82) is 0 Å². The molecule has 1 unspecified atom stereocenters. The Morgan fingerprint density at radius 2 is 2.20 bits per heavy atom. The van der Waals surface area contributed by atoms with Gasteiger partial charge in [0.1, 0.15) is 5.25 Å². The van der Waals surface area contributed by atoms with Crippen LogP contribution in [-0.2, 0) is 20.0 Å². The molecule has 0 aromatic carbocycles. The van der Waals surface area contributed by atoms with Crippen LogP contribution in [0.3, 0.4) is 0 Å². The summed E-state index contributed by atoms with van der Waals surface area (Å²) in [6, 6.07) is 0. The highest BCUT2D eigenvalue weighted by Gasteiger charge is 2.44. The predicted octanol–water partition coefficient (Wildman–Crippen LogP) is 1.78. The SMILES string of the molecule is COCCC1(c2noc(C3CCCS3(=O)=O)n2)CCC1. The van der Waals surface area contributed by atoms with Crippen LogP contribution in [0, 0.1) is 0 Å². The Hall–Kier alpha value is -0.950. The topological polar surface area (TPSA) is 82.3 Å². The minimum absolute atomic E-state index is 0.0693. The fraction of sp³-hybridized carbons (Fsp3) is 0.846. The normalized spacial score (nSPS) is 27.4. The number of aromatic nitrogens is 2. The molecule has 0 bridgehead atoms. The Balaban J connectivity index is 1.83. The molecule has 1 aromatic rings. The molecule has 0 amide bonds. The number of sulfone groups is 1. The fourth-order valence-electron chi connectivity index (χ4n) is 3.14. The Morgan fingerprint density at radius 1 is 1.40 bits per heavy atom. The van der Waals surface area contributed by atoms with Crippen molar-refractivity contribution in [3.63, 3.8) is 0 Å². The third-order valence-corrected chi connectivity index (χ3v) is 6.78. The maximum atomic E-state index is 11.9. The van der Waals surface area contributed by atoms with Crippen LogP contribution < -0.4 is 0 Å². The molecule has 2 fully saturated rings. The summed E-state index contributed by atoms with van der Waals surface area (Å²) < 4.78 is 34.3. The second kappa shape index (κ2) is 5.11. The highest BCUT2D eigenvalue weighted by molar-refractivity contribution is 7.91. The number of rotatable bonds is 5. The summed E-state index contributed by atoms with van der Waals surface area (Å²) in [6.07, 6.45) is 5.32. The van der Waals surface area contributed by atoms with Crippen molar-refractivity contribution < 1.29 is 17.7 Å². The molecule has 1 aliphatic carbocycles. The average Bonchev–Trinajstić information content (AvgIpc) is 2.94. The predicted molar refractivity (Wildman–Crippen MR) is 72.1 cm³/mol. The molecule has 0 N–H and O–H groups in total. The molecule has 20 heavy (non-hydrogen) atoms. The zero-order valence-corrected chi connectivity index (χ0v) is 12.5. The van der Waals surface area contributed by atoms with Gasteiger partial charge in [0.15, 0.2) is 15.7 Å². The zero-order valence-electron chi connectivity index (χ0n) is 11.7. The molecule has 0 spiro atoms. The van der Waals surface area contributed by atoms with Crippen molar-refractivity contribution >= 4 is 9.84 Å². The first-order valence-electron chi connectivity index (χ1n) is 7.12. The summed E-state index contributed by atoms with van der Waals surface area (Å²) in [7, 11) is -1.42. The highest BCUT2D eigenvalue weighted by atomic mass is 32.2. The Labute approximate surface area is 118 Å². The number of methoxy groups -OCH3 is 1. The zero-order chi connectivity index (χ0) is 14.2. The molecule has 2 heterocycles. The summed E-state index contributed by atoms with van der Waals surface area (Å²) in [5.74, 6) is 1.17. The largest absolute Gasteiger partial charge is 0.385 e. The Bertz CT molecular complexity index is 577. The standard InChI is InChI=1S/C13H20N2O4S/c1-18-8-7-13(5-3-6-13)12-14-11(19-15-12)10-4-2-9-20(10,16)17/h10H,2-9H2,1H3. The monoisotopic (exact) mass is 300 g/mol. The van der Waals surface area contributed by atoms with E-state index in [2.05, 4.69) is 10.1 Å². The van der Waals surface area contributed by atoms with Gasteiger partial charge in [0.05, 0.1) is 5.75 Å². The van der Waals surface area contributed by atoms with E-state index < -0.39 is 15.1 Å². The van der Waals surface area contributed by atoms with E-state index in [1.54, 1.807) is 7.11 Å². The molecular formula is C13H20N2O4S. The molecule has 1 aliphatic heterocycles. The lowest BCUT2D eigenvalue weighted by Gasteiger charge is -2.38. The first-order chi connectivity index (χ1) is 9.57. The van der Waals surface area contributed by atoms with Gasteiger partial charge in [0.2, 0.25) is 5.89 Å². The van der Waals surface area contributed by atoms with Gasteiger partial charge in [-0.05, 0) is 32.1 Å². The molecule has 0 radical (unpaired) electrons. The molecule has 6 nitrogen and oxygen atoms in total. The van der Waals surface area contributed by atoms with Gasteiger partial charge in [-0.25, -0.2) is 8.42 Å². The first kappa shape index (κ1) is 14.0. The van der Waals surface area contributed by atoms with E-state index >= 15 is 0 Å². The van der Waals surface area contributed by atoms with Crippen molar-refractivity contribution in [2.45, 2.75) is 49.2 Å². The van der Waals surface area contributed by atoms with Crippen LogP contribution in [0.15, 0.2) is 4.52 Å². The minimum atomic E-state index is -3.10. The van der Waals surface area contributed by atoms with Gasteiger partial charge in [-0.1, -0.05) is 11.6 Å². The molecule has 1 aromatic heterocycles. The van der Waals surface area contributed by atoms with Crippen LogP contribution in [0.25, 0.3) is 0 Å². The van der Waals surface area contributed by atoms with Crippen molar-refractivity contribution in [2.75, 3.05) is 19.5 Å². The number of hydrogen-bond donors (Lipinski definition) is 0. The lowest BCUT2D eigenvalue weighted by Crippen LogP contribution is -2.36. The fourth-order valence-corrected chi connectivity index (χ4v) is 4.92. The molecule has 1 saturated heterocycles. The lowest BCUT2D eigenvalue weighted by atomic mass is 9.66. The van der Waals surface area contributed by atoms with Crippen LogP contribution in [0.5, 0.6) is 0 Å². The highest BCUT2D eigenvalue weighted by Crippen LogP contribution is 2.46. The van der Waals surface area contributed by atoms with Crippen molar-refractivity contribution in [2.24, 2.45) is 0 Å². The smallest absolute Gasteiger partial charge is 0.244 e. The second-order valence-electron chi connectivity index (χ2n) is 5.83. The summed E-state index contributed by atoms with van der Waals surface area (Å²) >= 11 is 0. The number of nitrogens with zero attached hydrogens (tertiary/aromatic N) is 2. The molecular weight excluding hydrogens is 280 g/mol. The average molecular weight is 300 g/mol. The van der Waals surface area contributed by atoms with Crippen LogP contribution in [0.1, 0.15) is 55.5 Å². The van der Waals surface area contributed by atoms with E-state index in [9.17, 15) is 8.42 Å². The van der Waals surface area contributed by atoms with E-state index in [1.807, 2.05) is 0 Å². The Kier molecular flexibility index (Phi) is 3.58. The van der Waals surface area contributed by atoms with Crippen molar-refractivity contribution in [3.8, 4) is 0 Å². The van der Waals surface area contributed by atoms with Crippen LogP contribution in [0.4, 0.5) is 0 Å². The maximum absolute atomic E-state index is 11.9. The lowest BCUT2D eigenvalue weighted by molar-refractivity contribution is 0.122. The summed E-state index contributed by atoms with van der Waals surface area (Å²) in [5.41, 5.74) is -0.0693. The van der Waals surface area contributed by atoms with Gasteiger partial charge in [0.25, 0.3) is 0 Å². The van der Waals surface area contributed by atoms with E-state index in [4.69, 9.17) is 9.26 Å². The molecule has 1 atom stereocenters. The van der Waals surface area contributed by atoms with Gasteiger partial charge in [-0.2, -0.15) is 4.98 Å². The van der Waals surface area contributed by atoms with Gasteiger partial charge >= 0.3 is 0 Å². The van der Waals surface area contributed by atoms with Gasteiger partial charge in [-0.15, -0.1) is 0 Å². The number of ether oxygens (including phenoxy) is 1. The number of hydrogen-bond acceptors (Lipinski definition) is 6. The molecule has 7 heteroatoms. The summed E-state index contributed by atoms with van der Waals surface area (Å²) in [5, 5.41) is 3.47. The molecule has 3 rings (SSSR count). The minimum Gasteiger partial charge on any atom is -0.385 e. The van der Waals surface area contributed by atoms with Crippen LogP contribution >= 0.6 is 0 Å². The maximum Gasteiger partial charge on any atom is 0.244 e. The van der Waals surface area contributed by atoms with Crippen molar-refractivity contribution in [3.05, 3.63) is 11.7 Å². The first-order valence-corrected chi connectivity index (χ1v) is 8.84. The van der Waals surface area contributed by atoms with Gasteiger partial charge in [0, 0.05) is 19.1 Å². The van der Waals surface area contributed by atoms with E-state index in [0.717, 1.165) is 25.7 Å². The summed E-state index contributed by atoms with van der Waals surface area (Å²) in [4.78, 5) is 4.42. The quantitative estimate of drug-likeness (QED) is 0.824.